The summed E-state index contributed by atoms with van der Waals surface area (Å²) in [7, 11) is 1.43. The number of carboxylic acids is 1. The highest BCUT2D eigenvalue weighted by molar-refractivity contribution is 5.98. The van der Waals surface area contributed by atoms with Gasteiger partial charge in [0.25, 0.3) is 5.91 Å². The van der Waals surface area contributed by atoms with Crippen molar-refractivity contribution in [1.29, 1.82) is 0 Å². The van der Waals surface area contributed by atoms with Gasteiger partial charge in [-0.3, -0.25) is 4.79 Å². The van der Waals surface area contributed by atoms with Gasteiger partial charge in [0.05, 0.1) is 0 Å². The van der Waals surface area contributed by atoms with Gasteiger partial charge in [-0.25, -0.2) is 9.59 Å². The van der Waals surface area contributed by atoms with Crippen molar-refractivity contribution in [3.8, 4) is 0 Å². The second-order valence-corrected chi connectivity index (χ2v) is 5.38. The van der Waals surface area contributed by atoms with E-state index in [1.807, 2.05) is 0 Å². The third-order valence-corrected chi connectivity index (χ3v) is 3.54. The number of hydrogen-bond acceptors (Lipinski definition) is 3. The summed E-state index contributed by atoms with van der Waals surface area (Å²) in [6, 6.07) is 5.43. The lowest BCUT2D eigenvalue weighted by molar-refractivity contribution is -0.141. The molecule has 7 nitrogen and oxygen atoms in total. The number of carbonyl (C=O) groups excluding carboxylic acids is 2. The lowest BCUT2D eigenvalue weighted by Gasteiger charge is -2.21. The highest BCUT2D eigenvalue weighted by Gasteiger charge is 2.24. The molecule has 0 spiro atoms. The normalized spacial score (nSPS) is 14.8. The van der Waals surface area contributed by atoms with Gasteiger partial charge in [0.15, 0.2) is 0 Å². The molecular weight excluding hydrogens is 286 g/mol. The molecule has 1 aromatic carbocycles. The minimum atomic E-state index is -1.08. The summed E-state index contributed by atoms with van der Waals surface area (Å²) in [4.78, 5) is 36.0. The van der Waals surface area contributed by atoms with E-state index in [4.69, 9.17) is 5.11 Å². The smallest absolute Gasteiger partial charge is 0.326 e. The second-order valence-electron chi connectivity index (χ2n) is 5.38. The van der Waals surface area contributed by atoms with Crippen LogP contribution < -0.4 is 10.6 Å². The number of urea groups is 1. The van der Waals surface area contributed by atoms with E-state index in [2.05, 4.69) is 10.6 Å². The Morgan fingerprint density at radius 3 is 2.59 bits per heavy atom. The molecule has 0 aromatic heterocycles. The zero-order valence-electron chi connectivity index (χ0n) is 12.5. The number of anilines is 1. The molecule has 0 bridgehead atoms. The quantitative estimate of drug-likeness (QED) is 0.768. The molecule has 0 radical (unpaired) electrons. The summed E-state index contributed by atoms with van der Waals surface area (Å²) < 4.78 is 0. The topological polar surface area (TPSA) is 98.7 Å². The van der Waals surface area contributed by atoms with Crippen molar-refractivity contribution in [3.05, 3.63) is 29.8 Å². The van der Waals surface area contributed by atoms with Crippen LogP contribution in [0.15, 0.2) is 24.3 Å². The molecule has 1 fully saturated rings. The number of nitrogens with zero attached hydrogens (tertiary/aromatic N) is 1. The summed E-state index contributed by atoms with van der Waals surface area (Å²) >= 11 is 0. The number of aliphatic carboxylic acids is 1. The van der Waals surface area contributed by atoms with Crippen LogP contribution in [0.1, 0.15) is 30.1 Å². The summed E-state index contributed by atoms with van der Waals surface area (Å²) in [5.41, 5.74) is 0.806. The van der Waals surface area contributed by atoms with E-state index in [1.54, 1.807) is 18.2 Å². The van der Waals surface area contributed by atoms with Crippen molar-refractivity contribution < 1.29 is 19.5 Å². The van der Waals surface area contributed by atoms with Crippen LogP contribution in [-0.4, -0.2) is 47.0 Å². The Hall–Kier alpha value is -2.57. The fourth-order valence-electron chi connectivity index (χ4n) is 1.86. The van der Waals surface area contributed by atoms with Crippen molar-refractivity contribution in [2.24, 2.45) is 0 Å². The molecule has 118 valence electrons. The molecule has 0 heterocycles. The van der Waals surface area contributed by atoms with Crippen LogP contribution in [0.25, 0.3) is 0 Å². The number of carboxylic acid groups (broad SMARTS) is 1. The van der Waals surface area contributed by atoms with Crippen molar-refractivity contribution >= 4 is 23.6 Å². The minimum Gasteiger partial charge on any atom is -0.480 e. The van der Waals surface area contributed by atoms with Crippen LogP contribution in [-0.2, 0) is 4.79 Å². The molecule has 7 heteroatoms. The van der Waals surface area contributed by atoms with E-state index in [1.165, 1.54) is 20.0 Å². The van der Waals surface area contributed by atoms with Crippen LogP contribution in [0.5, 0.6) is 0 Å². The number of nitrogens with one attached hydrogen (secondary N) is 2. The first-order valence-electron chi connectivity index (χ1n) is 7.06. The number of carbonyl (C=O) groups is 3. The van der Waals surface area contributed by atoms with E-state index >= 15 is 0 Å². The van der Waals surface area contributed by atoms with Crippen LogP contribution in [0, 0.1) is 0 Å². The van der Waals surface area contributed by atoms with Gasteiger partial charge in [0, 0.05) is 24.3 Å². The predicted molar refractivity (Wildman–Crippen MR) is 80.8 cm³/mol. The number of likely N-dealkylation sites (N-methyl/N-ethyl adjacent to an activating group) is 1. The molecule has 3 amide bonds. The van der Waals surface area contributed by atoms with E-state index < -0.39 is 17.9 Å². The van der Waals surface area contributed by atoms with Gasteiger partial charge in [-0.05, 0) is 38.0 Å². The molecule has 1 saturated carbocycles. The van der Waals surface area contributed by atoms with Gasteiger partial charge in [-0.1, -0.05) is 6.07 Å². The molecule has 3 N–H and O–H groups in total. The Balaban J connectivity index is 2.04. The monoisotopic (exact) mass is 305 g/mol. The molecule has 1 unspecified atom stereocenters. The van der Waals surface area contributed by atoms with Crippen molar-refractivity contribution in [2.45, 2.75) is 31.8 Å². The Kier molecular flexibility index (Phi) is 4.65. The van der Waals surface area contributed by atoms with Crippen LogP contribution >= 0.6 is 0 Å². The van der Waals surface area contributed by atoms with E-state index in [9.17, 15) is 14.4 Å². The average Bonchev–Trinajstić information content (AvgIpc) is 3.28. The molecule has 1 atom stereocenters. The number of benzene rings is 1. The largest absolute Gasteiger partial charge is 0.480 e. The molecule has 2 rings (SSSR count). The average molecular weight is 305 g/mol. The van der Waals surface area contributed by atoms with Crippen LogP contribution in [0.4, 0.5) is 10.5 Å². The summed E-state index contributed by atoms with van der Waals surface area (Å²) in [6.45, 7) is 1.44. The molecule has 0 aliphatic heterocycles. The minimum absolute atomic E-state index is 0.243. The summed E-state index contributed by atoms with van der Waals surface area (Å²) in [5.74, 6) is -1.49. The third-order valence-electron chi connectivity index (χ3n) is 3.54. The first kappa shape index (κ1) is 15.8. The maximum Gasteiger partial charge on any atom is 0.326 e. The van der Waals surface area contributed by atoms with Crippen molar-refractivity contribution in [1.82, 2.24) is 10.2 Å². The predicted octanol–water partition coefficient (Wildman–Crippen LogP) is 1.52. The fraction of sp³-hybridized carbons (Fsp3) is 0.400. The first-order valence-corrected chi connectivity index (χ1v) is 7.06. The zero-order chi connectivity index (χ0) is 16.3. The maximum absolute atomic E-state index is 12.3. The Bertz CT molecular complexity index is 598. The molecule has 0 saturated heterocycles. The molecule has 22 heavy (non-hydrogen) atoms. The standard InChI is InChI=1S/C15H19N3O4/c1-9(14(20)21)18(2)13(19)10-4-3-5-12(8-10)17-15(22)16-11-6-7-11/h3-5,8-9,11H,6-7H2,1-2H3,(H,20,21)(H2,16,17,22). The molecule has 1 aliphatic rings. The Morgan fingerprint density at radius 2 is 2.00 bits per heavy atom. The van der Waals surface area contributed by atoms with Crippen molar-refractivity contribution in [2.75, 3.05) is 12.4 Å². The lowest BCUT2D eigenvalue weighted by Crippen LogP contribution is -2.40. The number of rotatable bonds is 5. The third kappa shape index (κ3) is 3.97. The maximum atomic E-state index is 12.3. The lowest BCUT2D eigenvalue weighted by atomic mass is 10.1. The van der Waals surface area contributed by atoms with Crippen LogP contribution in [0.3, 0.4) is 0 Å². The SMILES string of the molecule is CC(C(=O)O)N(C)C(=O)c1cccc(NC(=O)NC2CC2)c1. The molecule has 1 aliphatic carbocycles. The zero-order valence-corrected chi connectivity index (χ0v) is 12.5. The van der Waals surface area contributed by atoms with Gasteiger partial charge < -0.3 is 20.6 Å². The van der Waals surface area contributed by atoms with Crippen LogP contribution in [0.2, 0.25) is 0 Å². The van der Waals surface area contributed by atoms with E-state index in [-0.39, 0.29) is 12.1 Å². The fourth-order valence-corrected chi connectivity index (χ4v) is 1.86. The molecular formula is C15H19N3O4. The van der Waals surface area contributed by atoms with Gasteiger partial charge in [-0.15, -0.1) is 0 Å². The van der Waals surface area contributed by atoms with Gasteiger partial charge >= 0.3 is 12.0 Å². The van der Waals surface area contributed by atoms with Gasteiger partial charge in [-0.2, -0.15) is 0 Å². The first-order chi connectivity index (χ1) is 10.4. The summed E-state index contributed by atoms with van der Waals surface area (Å²) in [6.07, 6.45) is 1.98. The Morgan fingerprint density at radius 1 is 1.32 bits per heavy atom. The Labute approximate surface area is 128 Å². The van der Waals surface area contributed by atoms with Gasteiger partial charge in [0.2, 0.25) is 0 Å². The van der Waals surface area contributed by atoms with E-state index in [0.717, 1.165) is 17.7 Å². The number of hydrogen-bond donors (Lipinski definition) is 3. The highest BCUT2D eigenvalue weighted by Crippen LogP contribution is 2.19. The van der Waals surface area contributed by atoms with Crippen molar-refractivity contribution in [3.63, 3.8) is 0 Å². The highest BCUT2D eigenvalue weighted by atomic mass is 16.4. The second kappa shape index (κ2) is 6.46. The number of amides is 3. The van der Waals surface area contributed by atoms with E-state index in [0.29, 0.717) is 11.3 Å². The molecule has 1 aromatic rings. The van der Waals surface area contributed by atoms with Gasteiger partial charge in [0.1, 0.15) is 6.04 Å². The summed E-state index contributed by atoms with van der Waals surface area (Å²) in [5, 5.41) is 14.4.